The number of aromatic nitrogens is 2. The van der Waals surface area contributed by atoms with Crippen molar-refractivity contribution in [3.05, 3.63) is 57.4 Å². The topological polar surface area (TPSA) is 100 Å². The summed E-state index contributed by atoms with van der Waals surface area (Å²) < 4.78 is 4.94. The maximum absolute atomic E-state index is 12.5. The third-order valence-electron chi connectivity index (χ3n) is 5.14. The van der Waals surface area contributed by atoms with Crippen molar-refractivity contribution < 1.29 is 14.1 Å². The van der Waals surface area contributed by atoms with Crippen LogP contribution in [0.1, 0.15) is 37.9 Å². The number of anilines is 2. The molecule has 9 heteroatoms. The van der Waals surface area contributed by atoms with Crippen LogP contribution >= 0.6 is 11.3 Å². The summed E-state index contributed by atoms with van der Waals surface area (Å²) in [4.78, 5) is 32.5. The van der Waals surface area contributed by atoms with Crippen LogP contribution in [-0.4, -0.2) is 39.9 Å². The highest BCUT2D eigenvalue weighted by molar-refractivity contribution is 7.15. The zero-order chi connectivity index (χ0) is 21.3. The van der Waals surface area contributed by atoms with Gasteiger partial charge in [0.05, 0.1) is 12.2 Å². The predicted octanol–water partition coefficient (Wildman–Crippen LogP) is 3.31. The number of amides is 2. The van der Waals surface area contributed by atoms with Crippen LogP contribution in [0.3, 0.4) is 0 Å². The van der Waals surface area contributed by atoms with Gasteiger partial charge in [0.1, 0.15) is 5.76 Å². The zero-order valence-electron chi connectivity index (χ0n) is 17.1. The number of rotatable bonds is 5. The molecule has 3 heterocycles. The fraction of sp³-hybridized carbons (Fsp3) is 0.333. The van der Waals surface area contributed by atoms with Crippen LogP contribution < -0.4 is 10.6 Å². The molecule has 4 rings (SSSR count). The lowest BCUT2D eigenvalue weighted by molar-refractivity contribution is -0.117. The highest BCUT2D eigenvalue weighted by atomic mass is 32.1. The van der Waals surface area contributed by atoms with Crippen molar-refractivity contribution in [3.63, 3.8) is 0 Å². The minimum Gasteiger partial charge on any atom is -0.361 e. The van der Waals surface area contributed by atoms with Gasteiger partial charge in [0.25, 0.3) is 5.91 Å². The van der Waals surface area contributed by atoms with Crippen molar-refractivity contribution in [2.45, 2.75) is 33.7 Å². The number of aryl methyl sites for hydroxylation is 2. The lowest BCUT2D eigenvalue weighted by Gasteiger charge is -2.25. The summed E-state index contributed by atoms with van der Waals surface area (Å²) >= 11 is 1.43. The zero-order valence-corrected chi connectivity index (χ0v) is 17.9. The molecule has 30 heavy (non-hydrogen) atoms. The molecular weight excluding hydrogens is 402 g/mol. The second-order valence-corrected chi connectivity index (χ2v) is 8.51. The fourth-order valence-electron chi connectivity index (χ4n) is 3.35. The molecular formula is C21H23N5O3S. The van der Waals surface area contributed by atoms with Crippen LogP contribution in [0.2, 0.25) is 0 Å². The van der Waals surface area contributed by atoms with Crippen LogP contribution in [0.4, 0.5) is 10.8 Å². The minimum atomic E-state index is -0.345. The van der Waals surface area contributed by atoms with Gasteiger partial charge < -0.3 is 9.84 Å². The number of nitrogens with one attached hydrogen (secondary N) is 2. The molecule has 0 atom stereocenters. The molecule has 0 radical (unpaired) electrons. The molecule has 0 fully saturated rings. The Balaban J connectivity index is 1.36. The number of fused-ring (bicyclic) bond motifs is 1. The van der Waals surface area contributed by atoms with Crippen molar-refractivity contribution in [2.24, 2.45) is 0 Å². The molecule has 156 valence electrons. The third-order valence-corrected chi connectivity index (χ3v) is 6.14. The van der Waals surface area contributed by atoms with E-state index in [1.165, 1.54) is 11.3 Å². The number of nitrogens with zero attached hydrogens (tertiary/aromatic N) is 3. The second-order valence-electron chi connectivity index (χ2n) is 7.42. The van der Waals surface area contributed by atoms with E-state index in [0.29, 0.717) is 24.0 Å². The molecule has 2 amide bonds. The van der Waals surface area contributed by atoms with Gasteiger partial charge in [-0.15, -0.1) is 11.3 Å². The SMILES string of the molecule is Cc1cc(C(=O)Nc2nc3c(s2)CN(CC(=O)Nc2cccc(C)c2C)CC3)no1. The minimum absolute atomic E-state index is 0.0356. The van der Waals surface area contributed by atoms with Crippen molar-refractivity contribution in [1.29, 1.82) is 0 Å². The van der Waals surface area contributed by atoms with Crippen molar-refractivity contribution in [2.75, 3.05) is 23.7 Å². The largest absolute Gasteiger partial charge is 0.361 e. The molecule has 0 aliphatic carbocycles. The molecule has 1 aromatic carbocycles. The Labute approximate surface area is 178 Å². The quantitative estimate of drug-likeness (QED) is 0.651. The van der Waals surface area contributed by atoms with E-state index in [-0.39, 0.29) is 17.5 Å². The van der Waals surface area contributed by atoms with Gasteiger partial charge in [-0.25, -0.2) is 4.98 Å². The van der Waals surface area contributed by atoms with Crippen molar-refractivity contribution in [3.8, 4) is 0 Å². The summed E-state index contributed by atoms with van der Waals surface area (Å²) in [5.74, 6) is 0.197. The monoisotopic (exact) mass is 425 g/mol. The van der Waals surface area contributed by atoms with Crippen LogP contribution in [-0.2, 0) is 17.8 Å². The molecule has 0 spiro atoms. The predicted molar refractivity (Wildman–Crippen MR) is 115 cm³/mol. The average Bonchev–Trinajstić information content (AvgIpc) is 3.30. The van der Waals surface area contributed by atoms with E-state index in [1.54, 1.807) is 13.0 Å². The number of carbonyl (C=O) groups is 2. The Morgan fingerprint density at radius 2 is 2.07 bits per heavy atom. The van der Waals surface area contributed by atoms with E-state index in [4.69, 9.17) is 4.52 Å². The molecule has 0 saturated carbocycles. The van der Waals surface area contributed by atoms with E-state index in [9.17, 15) is 9.59 Å². The van der Waals surface area contributed by atoms with Crippen molar-refractivity contribution in [1.82, 2.24) is 15.0 Å². The van der Waals surface area contributed by atoms with Gasteiger partial charge in [-0.3, -0.25) is 19.8 Å². The standard InChI is InChI=1S/C21H23N5O3S/c1-12-5-4-6-15(14(12)3)22-19(27)11-26-8-7-16-18(10-26)30-21(23-16)24-20(28)17-9-13(2)29-25-17/h4-6,9H,7-8,10-11H2,1-3H3,(H,22,27)(H,23,24,28). The number of carbonyl (C=O) groups excluding carboxylic acids is 2. The Morgan fingerprint density at radius 1 is 1.23 bits per heavy atom. The fourth-order valence-corrected chi connectivity index (χ4v) is 4.40. The summed E-state index contributed by atoms with van der Waals surface area (Å²) in [6, 6.07) is 7.47. The Bertz CT molecular complexity index is 1100. The van der Waals surface area contributed by atoms with E-state index < -0.39 is 0 Å². The van der Waals surface area contributed by atoms with Gasteiger partial charge in [-0.1, -0.05) is 17.3 Å². The highest BCUT2D eigenvalue weighted by Crippen LogP contribution is 2.28. The number of hydrogen-bond acceptors (Lipinski definition) is 7. The smallest absolute Gasteiger partial charge is 0.279 e. The van der Waals surface area contributed by atoms with Crippen LogP contribution in [0.5, 0.6) is 0 Å². The molecule has 2 N–H and O–H groups in total. The summed E-state index contributed by atoms with van der Waals surface area (Å²) in [6.07, 6.45) is 0.738. The lowest BCUT2D eigenvalue weighted by atomic mass is 10.1. The Hall–Kier alpha value is -3.04. The second kappa shape index (κ2) is 8.37. The number of hydrogen-bond donors (Lipinski definition) is 2. The molecule has 2 aromatic heterocycles. The first kappa shape index (κ1) is 20.2. The van der Waals surface area contributed by atoms with E-state index in [2.05, 4.69) is 25.7 Å². The summed E-state index contributed by atoms with van der Waals surface area (Å²) in [6.45, 7) is 7.45. The summed E-state index contributed by atoms with van der Waals surface area (Å²) in [7, 11) is 0. The van der Waals surface area contributed by atoms with Gasteiger partial charge in [-0.05, 0) is 38.0 Å². The van der Waals surface area contributed by atoms with E-state index >= 15 is 0 Å². The van der Waals surface area contributed by atoms with E-state index in [1.807, 2.05) is 32.0 Å². The van der Waals surface area contributed by atoms with Crippen LogP contribution in [0.25, 0.3) is 0 Å². The Morgan fingerprint density at radius 3 is 2.83 bits per heavy atom. The van der Waals surface area contributed by atoms with Gasteiger partial charge in [0.15, 0.2) is 10.8 Å². The molecule has 0 bridgehead atoms. The first-order valence-electron chi connectivity index (χ1n) is 9.70. The molecule has 3 aromatic rings. The molecule has 1 aliphatic heterocycles. The maximum atomic E-state index is 12.5. The summed E-state index contributed by atoms with van der Waals surface area (Å²) in [5, 5.41) is 10.0. The third kappa shape index (κ3) is 4.42. The van der Waals surface area contributed by atoms with Crippen LogP contribution in [0.15, 0.2) is 28.8 Å². The van der Waals surface area contributed by atoms with Gasteiger partial charge in [-0.2, -0.15) is 0 Å². The molecule has 1 aliphatic rings. The molecule has 0 unspecified atom stereocenters. The van der Waals surface area contributed by atoms with Gasteiger partial charge in [0.2, 0.25) is 5.91 Å². The maximum Gasteiger partial charge on any atom is 0.279 e. The highest BCUT2D eigenvalue weighted by Gasteiger charge is 2.23. The number of thiazole rings is 1. The van der Waals surface area contributed by atoms with Gasteiger partial charge in [0, 0.05) is 36.1 Å². The average molecular weight is 426 g/mol. The molecule has 0 saturated heterocycles. The van der Waals surface area contributed by atoms with Crippen molar-refractivity contribution >= 4 is 34.0 Å². The van der Waals surface area contributed by atoms with E-state index in [0.717, 1.165) is 40.4 Å². The normalized spacial score (nSPS) is 13.7. The first-order valence-corrected chi connectivity index (χ1v) is 10.5. The van der Waals surface area contributed by atoms with Gasteiger partial charge >= 0.3 is 0 Å². The molecule has 8 nitrogen and oxygen atoms in total. The lowest BCUT2D eigenvalue weighted by Crippen LogP contribution is -2.36. The Kier molecular flexibility index (Phi) is 5.65. The van der Waals surface area contributed by atoms with Crippen LogP contribution in [0, 0.1) is 20.8 Å². The number of benzene rings is 1. The summed E-state index contributed by atoms with van der Waals surface area (Å²) in [5.41, 5.74) is 4.28. The first-order chi connectivity index (χ1) is 14.4.